The van der Waals surface area contributed by atoms with Gasteiger partial charge in [0.25, 0.3) is 11.8 Å². The highest BCUT2D eigenvalue weighted by Gasteiger charge is 2.70. The zero-order valence-electron chi connectivity index (χ0n) is 29.5. The number of methoxy groups -OCH3 is 2. The van der Waals surface area contributed by atoms with Gasteiger partial charge in [0, 0.05) is 16.5 Å². The molecule has 15 heteroatoms. The van der Waals surface area contributed by atoms with Crippen molar-refractivity contribution in [1.82, 2.24) is 5.01 Å². The molecule has 2 aliphatic heterocycles. The summed E-state index contributed by atoms with van der Waals surface area (Å²) in [5.41, 5.74) is 3.17. The minimum absolute atomic E-state index is 0.000380. The number of benzene rings is 4. The molecule has 4 amide bonds. The molecule has 4 aromatic carbocycles. The minimum Gasteiger partial charge on any atom is -0.504 e. The van der Waals surface area contributed by atoms with E-state index in [2.05, 4.69) is 5.43 Å². The van der Waals surface area contributed by atoms with Crippen molar-refractivity contribution in [2.24, 2.45) is 23.7 Å². The summed E-state index contributed by atoms with van der Waals surface area (Å²) in [6.07, 6.45) is 2.00. The molecular weight excluding hydrogens is 748 g/mol. The third kappa shape index (κ3) is 5.51. The second-order valence-electron chi connectivity index (χ2n) is 14.1. The van der Waals surface area contributed by atoms with Crippen molar-refractivity contribution in [2.75, 3.05) is 24.5 Å². The molecule has 3 fully saturated rings. The molecule has 4 aromatic rings. The number of hydrazine groups is 1. The number of aromatic hydroxyl groups is 1. The number of allylic oxidation sites excluding steroid dienone is 2. The molecule has 2 aliphatic carbocycles. The summed E-state index contributed by atoms with van der Waals surface area (Å²) in [5, 5.41) is 33.0. The molecule has 4 aliphatic rings. The van der Waals surface area contributed by atoms with Gasteiger partial charge in [-0.2, -0.15) is 5.01 Å². The van der Waals surface area contributed by atoms with E-state index in [0.29, 0.717) is 27.5 Å². The summed E-state index contributed by atoms with van der Waals surface area (Å²) in [7, 11) is 1.09. The standard InChI is InChI=1S/C40H34BCl2N3O9/c1-54-24-12-9-20(10-13-24)40-29(37(49)46(39(40)51)44-31-16-11-22(42)18-30(31)43)19-28-25(34(40)27-7-4-8-32(55-2)35(27)47)14-15-26-33(28)38(50)45(36(26)48)23-6-3-5-21(17-23)41(52)53/h3-14,16-18,26,28-29,33-34,44,47,52-53H,15,19H2,1-2H3. The summed E-state index contributed by atoms with van der Waals surface area (Å²) in [5.74, 6) is -6.40. The molecule has 280 valence electrons. The Balaban J connectivity index is 1.33. The van der Waals surface area contributed by atoms with Gasteiger partial charge in [0.2, 0.25) is 11.8 Å². The first kappa shape index (κ1) is 36.6. The largest absolute Gasteiger partial charge is 0.504 e. The van der Waals surface area contributed by atoms with Crippen LogP contribution in [0.25, 0.3) is 0 Å². The van der Waals surface area contributed by atoms with Gasteiger partial charge in [0.05, 0.1) is 53.8 Å². The molecule has 2 saturated heterocycles. The van der Waals surface area contributed by atoms with E-state index in [-0.39, 0.29) is 46.2 Å². The Morgan fingerprint density at radius 3 is 2.29 bits per heavy atom. The van der Waals surface area contributed by atoms with Crippen LogP contribution in [0.3, 0.4) is 0 Å². The summed E-state index contributed by atoms with van der Waals surface area (Å²) < 4.78 is 11.0. The Kier molecular flexibility index (Phi) is 9.16. The number of halogens is 2. The molecule has 0 bridgehead atoms. The van der Waals surface area contributed by atoms with Crippen molar-refractivity contribution in [3.63, 3.8) is 0 Å². The third-order valence-corrected chi connectivity index (χ3v) is 12.1. The van der Waals surface area contributed by atoms with Gasteiger partial charge in [-0.3, -0.25) is 29.5 Å². The maximum Gasteiger partial charge on any atom is 0.488 e. The fraction of sp³-hybridized carbons (Fsp3) is 0.250. The second kappa shape index (κ2) is 13.8. The molecule has 0 radical (unpaired) electrons. The lowest BCUT2D eigenvalue weighted by molar-refractivity contribution is -0.138. The van der Waals surface area contributed by atoms with E-state index in [4.69, 9.17) is 32.7 Å². The van der Waals surface area contributed by atoms with Gasteiger partial charge < -0.3 is 24.6 Å². The Hall–Kier alpha value is -5.34. The zero-order chi connectivity index (χ0) is 38.9. The molecule has 1 saturated carbocycles. The van der Waals surface area contributed by atoms with Crippen LogP contribution >= 0.6 is 23.2 Å². The molecule has 12 nitrogen and oxygen atoms in total. The van der Waals surface area contributed by atoms with Crippen LogP contribution in [0.2, 0.25) is 10.0 Å². The van der Waals surface area contributed by atoms with Gasteiger partial charge in [-0.25, -0.2) is 0 Å². The van der Waals surface area contributed by atoms with Crippen molar-refractivity contribution in [3.05, 3.63) is 118 Å². The lowest BCUT2D eigenvalue weighted by Crippen LogP contribution is -2.53. The Labute approximate surface area is 326 Å². The van der Waals surface area contributed by atoms with Crippen LogP contribution in [0.1, 0.15) is 29.9 Å². The molecule has 0 aromatic heterocycles. The number of hydrogen-bond donors (Lipinski definition) is 4. The van der Waals surface area contributed by atoms with Gasteiger partial charge in [-0.1, -0.05) is 71.2 Å². The van der Waals surface area contributed by atoms with Crippen LogP contribution in [0.5, 0.6) is 17.2 Å². The number of phenolic OH excluding ortho intramolecular Hbond substituents is 1. The van der Waals surface area contributed by atoms with E-state index in [1.54, 1.807) is 60.7 Å². The number of rotatable bonds is 8. The van der Waals surface area contributed by atoms with E-state index in [1.165, 1.54) is 38.5 Å². The van der Waals surface area contributed by atoms with Gasteiger partial charge in [-0.15, -0.1) is 0 Å². The molecule has 8 rings (SSSR count). The highest BCUT2D eigenvalue weighted by Crippen LogP contribution is 2.65. The average Bonchev–Trinajstić information content (AvgIpc) is 3.56. The Bertz CT molecular complexity index is 2300. The average molecular weight is 782 g/mol. The number of fused-ring (bicyclic) bond motifs is 4. The van der Waals surface area contributed by atoms with Gasteiger partial charge in [-0.05, 0) is 78.3 Å². The fourth-order valence-corrected chi connectivity index (χ4v) is 9.65. The zero-order valence-corrected chi connectivity index (χ0v) is 31.0. The quantitative estimate of drug-likeness (QED) is 0.113. The number of carbonyl (C=O) groups is 4. The smallest absolute Gasteiger partial charge is 0.488 e. The maximum absolute atomic E-state index is 15.4. The van der Waals surface area contributed by atoms with E-state index in [1.807, 2.05) is 6.08 Å². The number of amides is 4. The Morgan fingerprint density at radius 1 is 0.855 bits per heavy atom. The van der Waals surface area contributed by atoms with E-state index in [9.17, 15) is 29.5 Å². The number of nitrogens with one attached hydrogen (secondary N) is 1. The highest BCUT2D eigenvalue weighted by atomic mass is 35.5. The third-order valence-electron chi connectivity index (χ3n) is 11.6. The number of para-hydroxylation sites is 1. The summed E-state index contributed by atoms with van der Waals surface area (Å²) >= 11 is 12.7. The monoisotopic (exact) mass is 781 g/mol. The van der Waals surface area contributed by atoms with Crippen molar-refractivity contribution in [2.45, 2.75) is 24.2 Å². The number of hydrogen-bond acceptors (Lipinski definition) is 10. The summed E-state index contributed by atoms with van der Waals surface area (Å²) in [4.78, 5) is 60.2. The lowest BCUT2D eigenvalue weighted by Gasteiger charge is -2.50. The van der Waals surface area contributed by atoms with E-state index >= 15 is 4.79 Å². The van der Waals surface area contributed by atoms with E-state index in [0.717, 1.165) is 9.91 Å². The SMILES string of the molecule is COc1ccc(C23C(=O)N(Nc4ccc(Cl)cc4Cl)C(=O)C2CC2C(=CCC4C(=O)N(c5cccc(B(O)O)c5)C(=O)C42)C3c2cccc(OC)c2O)cc1. The topological polar surface area (TPSA) is 166 Å². The fourth-order valence-electron chi connectivity index (χ4n) is 9.20. The van der Waals surface area contributed by atoms with Crippen LogP contribution in [0, 0.1) is 23.7 Å². The molecule has 6 atom stereocenters. The van der Waals surface area contributed by atoms with Crippen molar-refractivity contribution >= 4 is 70.8 Å². The van der Waals surface area contributed by atoms with E-state index < -0.39 is 65.8 Å². The van der Waals surface area contributed by atoms with Crippen molar-refractivity contribution in [1.29, 1.82) is 0 Å². The number of phenols is 1. The summed E-state index contributed by atoms with van der Waals surface area (Å²) in [6.45, 7) is 0. The Morgan fingerprint density at radius 2 is 1.60 bits per heavy atom. The number of anilines is 2. The predicted molar refractivity (Wildman–Crippen MR) is 204 cm³/mol. The van der Waals surface area contributed by atoms with Gasteiger partial charge >= 0.3 is 7.12 Å². The number of carbonyl (C=O) groups excluding carboxylic acids is 4. The minimum atomic E-state index is -1.82. The van der Waals surface area contributed by atoms with Crippen LogP contribution in [0.4, 0.5) is 11.4 Å². The van der Waals surface area contributed by atoms with Crippen molar-refractivity contribution < 1.29 is 43.8 Å². The summed E-state index contributed by atoms with van der Waals surface area (Å²) in [6, 6.07) is 22.3. The first-order valence-electron chi connectivity index (χ1n) is 17.6. The number of nitrogens with zero attached hydrogens (tertiary/aromatic N) is 2. The van der Waals surface area contributed by atoms with Gasteiger partial charge in [0.15, 0.2) is 11.5 Å². The highest BCUT2D eigenvalue weighted by molar-refractivity contribution is 6.58. The van der Waals surface area contributed by atoms with Crippen LogP contribution in [0.15, 0.2) is 96.6 Å². The molecule has 4 N–H and O–H groups in total. The van der Waals surface area contributed by atoms with Crippen LogP contribution < -0.4 is 25.3 Å². The molecular formula is C40H34BCl2N3O9. The lowest BCUT2D eigenvalue weighted by atomic mass is 9.49. The van der Waals surface area contributed by atoms with Gasteiger partial charge in [0.1, 0.15) is 5.75 Å². The normalized spacial score (nSPS) is 25.6. The second-order valence-corrected chi connectivity index (χ2v) is 14.9. The first-order chi connectivity index (χ1) is 26.4. The molecule has 6 unspecified atom stereocenters. The maximum atomic E-state index is 15.4. The predicted octanol–water partition coefficient (Wildman–Crippen LogP) is 4.59. The van der Waals surface area contributed by atoms with Crippen LogP contribution in [-0.4, -0.2) is 65.1 Å². The molecule has 2 heterocycles. The number of ether oxygens (including phenoxy) is 2. The molecule has 0 spiro atoms. The first-order valence-corrected chi connectivity index (χ1v) is 18.3. The number of imide groups is 2. The molecule has 55 heavy (non-hydrogen) atoms. The van der Waals surface area contributed by atoms with Crippen LogP contribution in [-0.2, 0) is 24.6 Å². The van der Waals surface area contributed by atoms with Crippen molar-refractivity contribution in [3.8, 4) is 17.2 Å².